The maximum absolute atomic E-state index is 11.6. The van der Waals surface area contributed by atoms with Crippen LogP contribution in [0.25, 0.3) is 6.08 Å². The van der Waals surface area contributed by atoms with Crippen LogP contribution in [-0.4, -0.2) is 5.78 Å². The lowest BCUT2D eigenvalue weighted by molar-refractivity contribution is -0.113. The highest BCUT2D eigenvalue weighted by molar-refractivity contribution is 6.02. The molecule has 0 fully saturated rings. The van der Waals surface area contributed by atoms with Crippen LogP contribution in [-0.2, 0) is 4.79 Å². The first-order valence-electron chi connectivity index (χ1n) is 6.74. The van der Waals surface area contributed by atoms with E-state index in [1.54, 1.807) is 6.92 Å². The lowest BCUT2D eigenvalue weighted by Crippen LogP contribution is -1.95. The average Bonchev–Trinajstić information content (AvgIpc) is 2.45. The second kappa shape index (κ2) is 6.75. The van der Waals surface area contributed by atoms with Gasteiger partial charge in [0.05, 0.1) is 5.57 Å². The summed E-state index contributed by atoms with van der Waals surface area (Å²) in [5.74, 6) is 6.20. The predicted octanol–water partition coefficient (Wildman–Crippen LogP) is 4.16. The Kier molecular flexibility index (Phi) is 4.75. The van der Waals surface area contributed by atoms with Crippen molar-refractivity contribution in [1.82, 2.24) is 0 Å². The van der Waals surface area contributed by atoms with E-state index in [9.17, 15) is 4.79 Å². The van der Waals surface area contributed by atoms with Crippen molar-refractivity contribution >= 4 is 11.9 Å². The molecule has 0 bridgehead atoms. The minimum atomic E-state index is 0.0211. The van der Waals surface area contributed by atoms with Crippen molar-refractivity contribution < 1.29 is 4.79 Å². The largest absolute Gasteiger partial charge is 0.294 e. The Morgan fingerprint density at radius 3 is 2.63 bits per heavy atom. The van der Waals surface area contributed by atoms with Crippen molar-refractivity contribution in [2.45, 2.75) is 32.6 Å². The first kappa shape index (κ1) is 13.4. The number of carbonyl (C=O) groups excluding carboxylic acids is 1. The van der Waals surface area contributed by atoms with Crippen LogP contribution in [0.4, 0.5) is 0 Å². The van der Waals surface area contributed by atoms with Gasteiger partial charge in [-0.15, -0.1) is 0 Å². The summed E-state index contributed by atoms with van der Waals surface area (Å²) < 4.78 is 0. The highest BCUT2D eigenvalue weighted by Crippen LogP contribution is 2.16. The van der Waals surface area contributed by atoms with E-state index in [0.29, 0.717) is 5.57 Å². The summed E-state index contributed by atoms with van der Waals surface area (Å²) in [6.45, 7) is 1.57. The number of rotatable bonds is 2. The van der Waals surface area contributed by atoms with Gasteiger partial charge in [-0.2, -0.15) is 0 Å². The van der Waals surface area contributed by atoms with Crippen molar-refractivity contribution in [2.75, 3.05) is 0 Å². The van der Waals surface area contributed by atoms with Crippen LogP contribution in [0.3, 0.4) is 0 Å². The molecule has 96 valence electrons. The standard InChI is InChI=1S/C18H18O/c1-15(19)18(14-17-10-6-3-7-11-17)13-12-16-8-4-2-5-9-16/h3,6-8,10-11,14H,2,4-5,9H2,1H3. The molecule has 1 aliphatic carbocycles. The van der Waals surface area contributed by atoms with Gasteiger partial charge >= 0.3 is 0 Å². The van der Waals surface area contributed by atoms with Gasteiger partial charge in [-0.3, -0.25) is 4.79 Å². The predicted molar refractivity (Wildman–Crippen MR) is 79.4 cm³/mol. The fraction of sp³-hybridized carbons (Fsp3) is 0.278. The maximum atomic E-state index is 11.6. The third-order valence-corrected chi connectivity index (χ3v) is 3.14. The first-order valence-corrected chi connectivity index (χ1v) is 6.74. The third kappa shape index (κ3) is 4.26. The second-order valence-electron chi connectivity index (χ2n) is 4.75. The molecule has 0 atom stereocenters. The summed E-state index contributed by atoms with van der Waals surface area (Å²) in [5, 5.41) is 0. The number of carbonyl (C=O) groups is 1. The Balaban J connectivity index is 2.22. The molecule has 0 aliphatic heterocycles. The van der Waals surface area contributed by atoms with Crippen molar-refractivity contribution in [2.24, 2.45) is 0 Å². The molecule has 0 unspecified atom stereocenters. The van der Waals surface area contributed by atoms with Crippen LogP contribution in [0, 0.1) is 11.8 Å². The highest BCUT2D eigenvalue weighted by atomic mass is 16.1. The Morgan fingerprint density at radius 2 is 2.00 bits per heavy atom. The topological polar surface area (TPSA) is 17.1 Å². The van der Waals surface area contributed by atoms with Crippen molar-refractivity contribution in [3.8, 4) is 11.8 Å². The van der Waals surface area contributed by atoms with Crippen LogP contribution >= 0.6 is 0 Å². The molecule has 0 radical (unpaired) electrons. The zero-order chi connectivity index (χ0) is 13.5. The van der Waals surface area contributed by atoms with Gasteiger partial charge in [-0.25, -0.2) is 0 Å². The molecule has 0 saturated carbocycles. The quantitative estimate of drug-likeness (QED) is 0.569. The van der Waals surface area contributed by atoms with E-state index in [1.165, 1.54) is 18.4 Å². The molecule has 0 N–H and O–H groups in total. The SMILES string of the molecule is CC(=O)C(C#CC1=CCCCC1)=Cc1ccccc1. The molecule has 0 saturated heterocycles. The molecule has 0 amide bonds. The monoisotopic (exact) mass is 250 g/mol. The normalized spacial score (nSPS) is 15.2. The summed E-state index contributed by atoms with van der Waals surface area (Å²) in [6.07, 6.45) is 8.67. The zero-order valence-electron chi connectivity index (χ0n) is 11.3. The van der Waals surface area contributed by atoms with E-state index in [0.717, 1.165) is 18.4 Å². The van der Waals surface area contributed by atoms with Crippen molar-refractivity contribution in [3.05, 3.63) is 53.1 Å². The maximum Gasteiger partial charge on any atom is 0.168 e. The van der Waals surface area contributed by atoms with E-state index in [-0.39, 0.29) is 5.78 Å². The van der Waals surface area contributed by atoms with Gasteiger partial charge in [0, 0.05) is 0 Å². The lowest BCUT2D eigenvalue weighted by atomic mass is 9.99. The van der Waals surface area contributed by atoms with Gasteiger partial charge < -0.3 is 0 Å². The van der Waals surface area contributed by atoms with Gasteiger partial charge in [0.1, 0.15) is 0 Å². The Morgan fingerprint density at radius 1 is 1.21 bits per heavy atom. The minimum Gasteiger partial charge on any atom is -0.294 e. The number of hydrogen-bond donors (Lipinski definition) is 0. The summed E-state index contributed by atoms with van der Waals surface area (Å²) in [4.78, 5) is 11.6. The average molecular weight is 250 g/mol. The number of ketones is 1. The van der Waals surface area contributed by atoms with Crippen LogP contribution in [0.2, 0.25) is 0 Å². The summed E-state index contributed by atoms with van der Waals surface area (Å²) in [5.41, 5.74) is 2.77. The fourth-order valence-electron chi connectivity index (χ4n) is 2.04. The van der Waals surface area contributed by atoms with Crippen LogP contribution in [0.1, 0.15) is 38.2 Å². The molecule has 0 heterocycles. The molecule has 1 nitrogen and oxygen atoms in total. The van der Waals surface area contributed by atoms with Crippen LogP contribution in [0.5, 0.6) is 0 Å². The van der Waals surface area contributed by atoms with Crippen LogP contribution in [0.15, 0.2) is 47.6 Å². The number of allylic oxidation sites excluding steroid dienone is 3. The zero-order valence-corrected chi connectivity index (χ0v) is 11.3. The highest BCUT2D eigenvalue weighted by Gasteiger charge is 2.02. The Bertz CT molecular complexity index is 565. The van der Waals surface area contributed by atoms with Gasteiger partial charge in [-0.1, -0.05) is 48.2 Å². The van der Waals surface area contributed by atoms with E-state index in [1.807, 2.05) is 36.4 Å². The molecule has 1 aromatic carbocycles. The van der Waals surface area contributed by atoms with E-state index in [2.05, 4.69) is 17.9 Å². The van der Waals surface area contributed by atoms with E-state index in [4.69, 9.17) is 0 Å². The summed E-state index contributed by atoms with van der Waals surface area (Å²) in [6, 6.07) is 9.83. The van der Waals surface area contributed by atoms with Gasteiger partial charge in [0.15, 0.2) is 5.78 Å². The Labute approximate surface area is 115 Å². The lowest BCUT2D eigenvalue weighted by Gasteiger charge is -2.05. The van der Waals surface area contributed by atoms with Gasteiger partial charge in [-0.05, 0) is 49.8 Å². The number of hydrogen-bond acceptors (Lipinski definition) is 1. The molecule has 1 heteroatoms. The smallest absolute Gasteiger partial charge is 0.168 e. The van der Waals surface area contributed by atoms with Gasteiger partial charge in [0.25, 0.3) is 0 Å². The molecule has 19 heavy (non-hydrogen) atoms. The van der Waals surface area contributed by atoms with E-state index < -0.39 is 0 Å². The fourth-order valence-corrected chi connectivity index (χ4v) is 2.04. The molecule has 1 aromatic rings. The second-order valence-corrected chi connectivity index (χ2v) is 4.75. The van der Waals surface area contributed by atoms with Crippen LogP contribution < -0.4 is 0 Å². The summed E-state index contributed by atoms with van der Waals surface area (Å²) >= 11 is 0. The first-order chi connectivity index (χ1) is 9.25. The Hall–Kier alpha value is -2.07. The molecule has 0 aromatic heterocycles. The third-order valence-electron chi connectivity index (χ3n) is 3.14. The molecule has 2 rings (SSSR count). The summed E-state index contributed by atoms with van der Waals surface area (Å²) in [7, 11) is 0. The molecular formula is C18H18O. The van der Waals surface area contributed by atoms with Crippen molar-refractivity contribution in [3.63, 3.8) is 0 Å². The minimum absolute atomic E-state index is 0.0211. The van der Waals surface area contributed by atoms with Crippen molar-refractivity contribution in [1.29, 1.82) is 0 Å². The van der Waals surface area contributed by atoms with E-state index >= 15 is 0 Å². The molecule has 0 spiro atoms. The number of benzene rings is 1. The molecular weight excluding hydrogens is 232 g/mol. The van der Waals surface area contributed by atoms with Gasteiger partial charge in [0.2, 0.25) is 0 Å². The number of Topliss-reactive ketones (excluding diaryl/α,β-unsaturated/α-hetero) is 1. The molecule has 1 aliphatic rings.